The lowest BCUT2D eigenvalue weighted by molar-refractivity contribution is 0.287. The maximum absolute atomic E-state index is 6.31. The Labute approximate surface area is 140 Å². The average Bonchev–Trinajstić information content (AvgIpc) is 2.50. The Hall–Kier alpha value is -0.930. The zero-order valence-corrected chi connectivity index (χ0v) is 15.0. The first kappa shape index (κ1) is 19.1. The van der Waals surface area contributed by atoms with Gasteiger partial charge in [0.25, 0.3) is 0 Å². The van der Waals surface area contributed by atoms with Gasteiger partial charge >= 0.3 is 0 Å². The highest BCUT2D eigenvalue weighted by Crippen LogP contribution is 2.36. The molecule has 0 saturated carbocycles. The molecule has 0 fully saturated rings. The van der Waals surface area contributed by atoms with Crippen molar-refractivity contribution in [3.63, 3.8) is 0 Å². The lowest BCUT2D eigenvalue weighted by atomic mass is 10.1. The van der Waals surface area contributed by atoms with Gasteiger partial charge in [-0.15, -0.1) is 0 Å². The van der Waals surface area contributed by atoms with Crippen molar-refractivity contribution in [2.24, 2.45) is 0 Å². The van der Waals surface area contributed by atoms with Gasteiger partial charge in [-0.2, -0.15) is 0 Å². The van der Waals surface area contributed by atoms with E-state index in [9.17, 15) is 0 Å². The molecule has 1 aromatic rings. The summed E-state index contributed by atoms with van der Waals surface area (Å²) >= 11 is 6.31. The van der Waals surface area contributed by atoms with E-state index in [1.807, 2.05) is 26.0 Å². The fourth-order valence-electron chi connectivity index (χ4n) is 2.36. The minimum atomic E-state index is 0.579. The van der Waals surface area contributed by atoms with Gasteiger partial charge in [-0.3, -0.25) is 0 Å². The minimum absolute atomic E-state index is 0.579. The standard InChI is InChI=1S/C18H30ClNO2/c1-4-7-8-9-10-11-20-14-15-12-16(19)18(22-6-3)17(13-15)21-5-2/h12-13,20H,4-11,14H2,1-3H3. The molecule has 4 heteroatoms. The van der Waals surface area contributed by atoms with E-state index in [1.54, 1.807) is 0 Å². The molecule has 0 amide bonds. The first-order valence-corrected chi connectivity index (χ1v) is 8.89. The van der Waals surface area contributed by atoms with Crippen LogP contribution < -0.4 is 14.8 Å². The molecule has 0 aliphatic heterocycles. The molecule has 126 valence electrons. The Morgan fingerprint density at radius 1 is 0.955 bits per heavy atom. The largest absolute Gasteiger partial charge is 0.490 e. The maximum Gasteiger partial charge on any atom is 0.179 e. The van der Waals surface area contributed by atoms with E-state index >= 15 is 0 Å². The molecule has 1 aromatic carbocycles. The van der Waals surface area contributed by atoms with E-state index in [0.29, 0.717) is 24.0 Å². The van der Waals surface area contributed by atoms with Gasteiger partial charge in [-0.25, -0.2) is 0 Å². The zero-order chi connectivity index (χ0) is 16.2. The van der Waals surface area contributed by atoms with Crippen molar-refractivity contribution in [2.45, 2.75) is 59.4 Å². The molecular weight excluding hydrogens is 298 g/mol. The summed E-state index contributed by atoms with van der Waals surface area (Å²) in [6, 6.07) is 3.98. The monoisotopic (exact) mass is 327 g/mol. The second-order valence-corrected chi connectivity index (χ2v) is 5.77. The number of rotatable bonds is 12. The van der Waals surface area contributed by atoms with Crippen molar-refractivity contribution in [1.29, 1.82) is 0 Å². The minimum Gasteiger partial charge on any atom is -0.490 e. The van der Waals surface area contributed by atoms with E-state index in [4.69, 9.17) is 21.1 Å². The highest BCUT2D eigenvalue weighted by molar-refractivity contribution is 6.32. The number of hydrogen-bond donors (Lipinski definition) is 1. The van der Waals surface area contributed by atoms with Gasteiger partial charge < -0.3 is 14.8 Å². The van der Waals surface area contributed by atoms with Crippen LogP contribution in [0.15, 0.2) is 12.1 Å². The first-order chi connectivity index (χ1) is 10.7. The molecule has 3 nitrogen and oxygen atoms in total. The Morgan fingerprint density at radius 2 is 1.68 bits per heavy atom. The molecule has 0 heterocycles. The number of unbranched alkanes of at least 4 members (excludes halogenated alkanes) is 4. The Bertz CT molecular complexity index is 424. The molecule has 0 atom stereocenters. The molecule has 0 aromatic heterocycles. The van der Waals surface area contributed by atoms with E-state index in [1.165, 1.54) is 32.1 Å². The van der Waals surface area contributed by atoms with Crippen LogP contribution in [0, 0.1) is 0 Å². The van der Waals surface area contributed by atoms with E-state index in [0.717, 1.165) is 24.4 Å². The first-order valence-electron chi connectivity index (χ1n) is 8.51. The van der Waals surface area contributed by atoms with Crippen molar-refractivity contribution in [3.8, 4) is 11.5 Å². The molecule has 1 N–H and O–H groups in total. The molecule has 0 saturated heterocycles. The van der Waals surface area contributed by atoms with Crippen LogP contribution in [0.2, 0.25) is 5.02 Å². The molecule has 0 aliphatic carbocycles. The number of halogens is 1. The summed E-state index contributed by atoms with van der Waals surface area (Å²) in [6.45, 7) is 9.17. The predicted octanol–water partition coefficient (Wildman–Crippen LogP) is 5.20. The van der Waals surface area contributed by atoms with Crippen LogP contribution in [0.4, 0.5) is 0 Å². The molecule has 22 heavy (non-hydrogen) atoms. The zero-order valence-electron chi connectivity index (χ0n) is 14.2. The van der Waals surface area contributed by atoms with Crippen molar-refractivity contribution in [2.75, 3.05) is 19.8 Å². The fraction of sp³-hybridized carbons (Fsp3) is 0.667. The maximum atomic E-state index is 6.31. The Balaban J connectivity index is 2.49. The summed E-state index contributed by atoms with van der Waals surface area (Å²) in [4.78, 5) is 0. The lowest BCUT2D eigenvalue weighted by Crippen LogP contribution is -2.15. The second kappa shape index (κ2) is 11.6. The molecule has 0 spiro atoms. The van der Waals surface area contributed by atoms with Crippen LogP contribution in [0.3, 0.4) is 0 Å². The quantitative estimate of drug-likeness (QED) is 0.535. The summed E-state index contributed by atoms with van der Waals surface area (Å²) < 4.78 is 11.2. The van der Waals surface area contributed by atoms with Crippen molar-refractivity contribution in [1.82, 2.24) is 5.32 Å². The van der Waals surface area contributed by atoms with Crippen LogP contribution in [-0.2, 0) is 6.54 Å². The third kappa shape index (κ3) is 6.89. The molecule has 0 radical (unpaired) electrons. The Morgan fingerprint density at radius 3 is 2.36 bits per heavy atom. The van der Waals surface area contributed by atoms with E-state index < -0.39 is 0 Å². The number of ether oxygens (including phenoxy) is 2. The highest BCUT2D eigenvalue weighted by atomic mass is 35.5. The summed E-state index contributed by atoms with van der Waals surface area (Å²) in [5, 5.41) is 4.09. The predicted molar refractivity (Wildman–Crippen MR) is 94.3 cm³/mol. The topological polar surface area (TPSA) is 30.5 Å². The van der Waals surface area contributed by atoms with Crippen LogP contribution in [-0.4, -0.2) is 19.8 Å². The van der Waals surface area contributed by atoms with Crippen molar-refractivity contribution >= 4 is 11.6 Å². The second-order valence-electron chi connectivity index (χ2n) is 5.36. The van der Waals surface area contributed by atoms with Crippen LogP contribution >= 0.6 is 11.6 Å². The lowest BCUT2D eigenvalue weighted by Gasteiger charge is -2.14. The average molecular weight is 328 g/mol. The van der Waals surface area contributed by atoms with Crippen molar-refractivity contribution in [3.05, 3.63) is 22.7 Å². The van der Waals surface area contributed by atoms with Gasteiger partial charge in [0.1, 0.15) is 0 Å². The summed E-state index contributed by atoms with van der Waals surface area (Å²) in [6.07, 6.45) is 6.49. The smallest absolute Gasteiger partial charge is 0.179 e. The number of benzene rings is 1. The molecular formula is C18H30ClNO2. The molecule has 0 aliphatic rings. The summed E-state index contributed by atoms with van der Waals surface area (Å²) in [5.74, 6) is 1.38. The third-order valence-electron chi connectivity index (χ3n) is 3.44. The van der Waals surface area contributed by atoms with Gasteiger partial charge in [0, 0.05) is 6.54 Å². The Kier molecular flexibility index (Phi) is 10.1. The number of nitrogens with one attached hydrogen (secondary N) is 1. The highest BCUT2D eigenvalue weighted by Gasteiger charge is 2.12. The van der Waals surface area contributed by atoms with Gasteiger partial charge in [-0.05, 0) is 44.5 Å². The van der Waals surface area contributed by atoms with Gasteiger partial charge in [0.05, 0.1) is 18.2 Å². The van der Waals surface area contributed by atoms with Gasteiger partial charge in [0.15, 0.2) is 11.5 Å². The SMILES string of the molecule is CCCCCCCNCc1cc(Cl)c(OCC)c(OCC)c1. The van der Waals surface area contributed by atoms with E-state index in [-0.39, 0.29) is 0 Å². The fourth-order valence-corrected chi connectivity index (χ4v) is 2.64. The van der Waals surface area contributed by atoms with E-state index in [2.05, 4.69) is 12.2 Å². The van der Waals surface area contributed by atoms with Crippen LogP contribution in [0.25, 0.3) is 0 Å². The molecule has 1 rings (SSSR count). The van der Waals surface area contributed by atoms with Gasteiger partial charge in [0.2, 0.25) is 0 Å². The summed E-state index contributed by atoms with van der Waals surface area (Å²) in [5.41, 5.74) is 1.13. The van der Waals surface area contributed by atoms with Gasteiger partial charge in [-0.1, -0.05) is 44.2 Å². The normalized spacial score (nSPS) is 10.7. The number of hydrogen-bond acceptors (Lipinski definition) is 3. The van der Waals surface area contributed by atoms with Crippen molar-refractivity contribution < 1.29 is 9.47 Å². The van der Waals surface area contributed by atoms with Crippen LogP contribution in [0.5, 0.6) is 11.5 Å². The third-order valence-corrected chi connectivity index (χ3v) is 3.72. The molecule has 0 bridgehead atoms. The van der Waals surface area contributed by atoms with Crippen LogP contribution in [0.1, 0.15) is 58.4 Å². The summed E-state index contributed by atoms with van der Waals surface area (Å²) in [7, 11) is 0. The molecule has 0 unspecified atom stereocenters.